The van der Waals surface area contributed by atoms with Gasteiger partial charge in [0.15, 0.2) is 5.82 Å². The normalized spacial score (nSPS) is 15.2. The van der Waals surface area contributed by atoms with Gasteiger partial charge in [0, 0.05) is 18.5 Å². The molecule has 8 heteroatoms. The van der Waals surface area contributed by atoms with E-state index in [2.05, 4.69) is 25.4 Å². The van der Waals surface area contributed by atoms with Crippen LogP contribution in [0.3, 0.4) is 0 Å². The third-order valence-electron chi connectivity index (χ3n) is 3.31. The van der Waals surface area contributed by atoms with Gasteiger partial charge in [-0.15, -0.1) is 15.3 Å². The zero-order valence-electron chi connectivity index (χ0n) is 11.8. The Bertz CT molecular complexity index is 636. The van der Waals surface area contributed by atoms with Crippen molar-refractivity contribution in [3.63, 3.8) is 0 Å². The molecule has 0 fully saturated rings. The molecule has 3 rings (SSSR count). The molecule has 0 aliphatic carbocycles. The summed E-state index contributed by atoms with van der Waals surface area (Å²) in [4.78, 5) is 18.4. The van der Waals surface area contributed by atoms with Crippen LogP contribution in [-0.4, -0.2) is 47.3 Å². The molecule has 1 amide bonds. The molecule has 2 aromatic rings. The van der Waals surface area contributed by atoms with Gasteiger partial charge in [-0.3, -0.25) is 9.89 Å². The van der Waals surface area contributed by atoms with Gasteiger partial charge in [0.05, 0.1) is 6.54 Å². The first-order valence-corrected chi connectivity index (χ1v) is 6.54. The summed E-state index contributed by atoms with van der Waals surface area (Å²) in [5.41, 5.74) is -0.159. The highest BCUT2D eigenvalue weighted by Gasteiger charge is 2.27. The van der Waals surface area contributed by atoms with E-state index in [4.69, 9.17) is 0 Å². The SMILES string of the molecule is CC(C)(C)c1nc(C(=O)N2CCn3cnnc3C2)n[nH]1. The number of H-pyrrole nitrogens is 1. The van der Waals surface area contributed by atoms with Crippen molar-refractivity contribution in [1.82, 2.24) is 34.8 Å². The Morgan fingerprint density at radius 2 is 2.15 bits per heavy atom. The van der Waals surface area contributed by atoms with Crippen molar-refractivity contribution < 1.29 is 4.79 Å². The van der Waals surface area contributed by atoms with Gasteiger partial charge in [-0.05, 0) is 0 Å². The van der Waals surface area contributed by atoms with Crippen molar-refractivity contribution in [2.45, 2.75) is 39.3 Å². The van der Waals surface area contributed by atoms with Crippen molar-refractivity contribution in [1.29, 1.82) is 0 Å². The fourth-order valence-electron chi connectivity index (χ4n) is 2.07. The van der Waals surface area contributed by atoms with Gasteiger partial charge in [-0.2, -0.15) is 0 Å². The molecule has 0 aromatic carbocycles. The van der Waals surface area contributed by atoms with E-state index in [0.717, 1.165) is 5.82 Å². The molecule has 3 heterocycles. The number of carbonyl (C=O) groups is 1. The summed E-state index contributed by atoms with van der Waals surface area (Å²) in [7, 11) is 0. The van der Waals surface area contributed by atoms with Gasteiger partial charge in [-0.1, -0.05) is 20.8 Å². The Kier molecular flexibility index (Phi) is 2.81. The first kappa shape index (κ1) is 12.8. The van der Waals surface area contributed by atoms with Crippen molar-refractivity contribution in [2.24, 2.45) is 0 Å². The predicted molar refractivity (Wildman–Crippen MR) is 69.8 cm³/mol. The van der Waals surface area contributed by atoms with Crippen LogP contribution in [-0.2, 0) is 18.5 Å². The molecule has 1 N–H and O–H groups in total. The molecule has 0 saturated heterocycles. The van der Waals surface area contributed by atoms with Crippen molar-refractivity contribution in [2.75, 3.05) is 6.54 Å². The number of aromatic nitrogens is 6. The fourth-order valence-corrected chi connectivity index (χ4v) is 2.07. The molecule has 20 heavy (non-hydrogen) atoms. The maximum Gasteiger partial charge on any atom is 0.293 e. The van der Waals surface area contributed by atoms with Crippen molar-refractivity contribution in [3.8, 4) is 0 Å². The quantitative estimate of drug-likeness (QED) is 0.810. The molecule has 0 unspecified atom stereocenters. The first-order chi connectivity index (χ1) is 9.45. The molecule has 1 aliphatic rings. The zero-order chi connectivity index (χ0) is 14.3. The molecular formula is C12H17N7O. The molecule has 2 aromatic heterocycles. The van der Waals surface area contributed by atoms with E-state index in [1.807, 2.05) is 25.3 Å². The van der Waals surface area contributed by atoms with Crippen LogP contribution in [0.4, 0.5) is 0 Å². The smallest absolute Gasteiger partial charge is 0.293 e. The summed E-state index contributed by atoms with van der Waals surface area (Å²) < 4.78 is 1.95. The number of rotatable bonds is 1. The third kappa shape index (κ3) is 2.17. The summed E-state index contributed by atoms with van der Waals surface area (Å²) in [6.07, 6.45) is 1.68. The second-order valence-corrected chi connectivity index (χ2v) is 5.92. The third-order valence-corrected chi connectivity index (χ3v) is 3.31. The van der Waals surface area contributed by atoms with Gasteiger partial charge in [0.1, 0.15) is 12.2 Å². The van der Waals surface area contributed by atoms with Gasteiger partial charge in [0.2, 0.25) is 5.82 Å². The molecule has 0 radical (unpaired) electrons. The molecule has 8 nitrogen and oxygen atoms in total. The lowest BCUT2D eigenvalue weighted by Crippen LogP contribution is -2.38. The molecule has 0 atom stereocenters. The lowest BCUT2D eigenvalue weighted by molar-refractivity contribution is 0.0695. The Morgan fingerprint density at radius 1 is 1.35 bits per heavy atom. The number of carbonyl (C=O) groups excluding carboxylic acids is 1. The average molecular weight is 275 g/mol. The summed E-state index contributed by atoms with van der Waals surface area (Å²) in [5.74, 6) is 1.53. The van der Waals surface area contributed by atoms with E-state index in [-0.39, 0.29) is 17.1 Å². The molecule has 106 valence electrons. The second-order valence-electron chi connectivity index (χ2n) is 5.92. The predicted octanol–water partition coefficient (Wildman–Crippen LogP) is 0.350. The Morgan fingerprint density at radius 3 is 2.85 bits per heavy atom. The second kappa shape index (κ2) is 4.39. The van der Waals surface area contributed by atoms with Crippen LogP contribution >= 0.6 is 0 Å². The summed E-state index contributed by atoms with van der Waals surface area (Å²) >= 11 is 0. The summed E-state index contributed by atoms with van der Waals surface area (Å²) in [5, 5.41) is 14.7. The molecule has 1 aliphatic heterocycles. The van der Waals surface area contributed by atoms with Crippen LogP contribution in [0.5, 0.6) is 0 Å². The van der Waals surface area contributed by atoms with E-state index in [0.29, 0.717) is 25.5 Å². The molecule has 0 bridgehead atoms. The summed E-state index contributed by atoms with van der Waals surface area (Å²) in [6.45, 7) is 7.81. The number of fused-ring (bicyclic) bond motifs is 1. The van der Waals surface area contributed by atoms with Crippen LogP contribution in [0.25, 0.3) is 0 Å². The first-order valence-electron chi connectivity index (χ1n) is 6.54. The Labute approximate surface area is 116 Å². The van der Waals surface area contributed by atoms with E-state index in [9.17, 15) is 4.79 Å². The lowest BCUT2D eigenvalue weighted by atomic mass is 9.96. The topological polar surface area (TPSA) is 92.6 Å². The number of aromatic amines is 1. The van der Waals surface area contributed by atoms with Gasteiger partial charge < -0.3 is 9.47 Å². The summed E-state index contributed by atoms with van der Waals surface area (Å²) in [6, 6.07) is 0. The molecule has 0 spiro atoms. The average Bonchev–Trinajstić information content (AvgIpc) is 3.05. The lowest BCUT2D eigenvalue weighted by Gasteiger charge is -2.25. The van der Waals surface area contributed by atoms with Crippen LogP contribution < -0.4 is 0 Å². The highest BCUT2D eigenvalue weighted by molar-refractivity contribution is 5.90. The minimum Gasteiger partial charge on any atom is -0.327 e. The maximum absolute atomic E-state index is 12.4. The molecule has 0 saturated carbocycles. The number of amides is 1. The van der Waals surface area contributed by atoms with E-state index in [1.165, 1.54) is 0 Å². The van der Waals surface area contributed by atoms with Crippen LogP contribution in [0.15, 0.2) is 6.33 Å². The van der Waals surface area contributed by atoms with Crippen molar-refractivity contribution >= 4 is 5.91 Å². The Hall–Kier alpha value is -2.25. The largest absolute Gasteiger partial charge is 0.327 e. The number of nitrogens with one attached hydrogen (secondary N) is 1. The van der Waals surface area contributed by atoms with Gasteiger partial charge >= 0.3 is 0 Å². The van der Waals surface area contributed by atoms with E-state index < -0.39 is 0 Å². The standard InChI is InChI=1S/C12H17N7O/c1-12(2,3)11-14-9(16-17-11)10(20)18-4-5-19-7-13-15-8(19)6-18/h7H,4-6H2,1-3H3,(H,14,16,17). The fraction of sp³-hybridized carbons (Fsp3) is 0.583. The highest BCUT2D eigenvalue weighted by Crippen LogP contribution is 2.18. The van der Waals surface area contributed by atoms with Gasteiger partial charge in [0.25, 0.3) is 5.91 Å². The van der Waals surface area contributed by atoms with Crippen LogP contribution in [0, 0.1) is 0 Å². The zero-order valence-corrected chi connectivity index (χ0v) is 11.8. The Balaban J connectivity index is 1.79. The van der Waals surface area contributed by atoms with Gasteiger partial charge in [-0.25, -0.2) is 4.98 Å². The van der Waals surface area contributed by atoms with Crippen LogP contribution in [0.2, 0.25) is 0 Å². The monoisotopic (exact) mass is 275 g/mol. The minimum absolute atomic E-state index is 0.159. The maximum atomic E-state index is 12.4. The van der Waals surface area contributed by atoms with E-state index >= 15 is 0 Å². The van der Waals surface area contributed by atoms with E-state index in [1.54, 1.807) is 11.2 Å². The number of nitrogens with zero attached hydrogens (tertiary/aromatic N) is 6. The molecular weight excluding hydrogens is 258 g/mol. The number of hydrogen-bond donors (Lipinski definition) is 1. The highest BCUT2D eigenvalue weighted by atomic mass is 16.2. The van der Waals surface area contributed by atoms with Crippen LogP contribution in [0.1, 0.15) is 43.0 Å². The minimum atomic E-state index is -0.175. The number of hydrogen-bond acceptors (Lipinski definition) is 5. The van der Waals surface area contributed by atoms with Crippen molar-refractivity contribution in [3.05, 3.63) is 23.8 Å².